The van der Waals surface area contributed by atoms with Gasteiger partial charge in [0.05, 0.1) is 6.61 Å². The maximum atomic E-state index is 12.4. The third-order valence-electron chi connectivity index (χ3n) is 3.76. The maximum Gasteiger partial charge on any atom is 0.325 e. The maximum absolute atomic E-state index is 12.4. The van der Waals surface area contributed by atoms with Gasteiger partial charge in [0.15, 0.2) is 0 Å². The third-order valence-corrected chi connectivity index (χ3v) is 3.76. The summed E-state index contributed by atoms with van der Waals surface area (Å²) in [4.78, 5) is 37.3. The van der Waals surface area contributed by atoms with Crippen LogP contribution in [-0.4, -0.2) is 67.7 Å². The fourth-order valence-electron chi connectivity index (χ4n) is 2.77. The van der Waals surface area contributed by atoms with E-state index in [1.807, 2.05) is 0 Å². The number of imide groups is 1. The number of methoxy groups -OCH3 is 1. The van der Waals surface area contributed by atoms with E-state index >= 15 is 0 Å². The van der Waals surface area contributed by atoms with Crippen LogP contribution in [0.25, 0.3) is 0 Å². The predicted octanol–water partition coefficient (Wildman–Crippen LogP) is -1.19. The Kier molecular flexibility index (Phi) is 4.79. The molecule has 2 unspecified atom stereocenters. The van der Waals surface area contributed by atoms with Crippen molar-refractivity contribution in [2.45, 2.75) is 31.3 Å². The molecule has 2 aliphatic rings. The van der Waals surface area contributed by atoms with Crippen LogP contribution in [0.5, 0.6) is 0 Å². The molecule has 8 nitrogen and oxygen atoms in total. The average molecular weight is 298 g/mol. The second-order valence-electron chi connectivity index (χ2n) is 5.61. The average Bonchev–Trinajstić information content (AvgIpc) is 2.64. The minimum atomic E-state index is -0.881. The zero-order chi connectivity index (χ0) is 15.5. The number of carbonyl (C=O) groups excluding carboxylic acids is 3. The molecule has 118 valence electrons. The first-order chi connectivity index (χ1) is 9.98. The van der Waals surface area contributed by atoms with Gasteiger partial charge in [0, 0.05) is 19.7 Å². The second kappa shape index (κ2) is 6.40. The molecule has 4 amide bonds. The zero-order valence-corrected chi connectivity index (χ0v) is 12.4. The van der Waals surface area contributed by atoms with Crippen molar-refractivity contribution in [3.8, 4) is 0 Å². The topological polar surface area (TPSA) is 99.8 Å². The van der Waals surface area contributed by atoms with Crippen LogP contribution in [-0.2, 0) is 14.3 Å². The van der Waals surface area contributed by atoms with E-state index in [1.54, 1.807) is 14.0 Å². The highest BCUT2D eigenvalue weighted by atomic mass is 16.5. The number of nitrogens with one attached hydrogen (secondary N) is 3. The molecule has 2 fully saturated rings. The molecule has 2 saturated heterocycles. The summed E-state index contributed by atoms with van der Waals surface area (Å²) in [5, 5.41) is 8.52. The highest BCUT2D eigenvalue weighted by Crippen LogP contribution is 2.24. The largest absolute Gasteiger partial charge is 0.383 e. The van der Waals surface area contributed by atoms with Crippen molar-refractivity contribution in [1.82, 2.24) is 20.9 Å². The first-order valence-corrected chi connectivity index (χ1v) is 7.11. The van der Waals surface area contributed by atoms with Crippen molar-refractivity contribution < 1.29 is 19.1 Å². The summed E-state index contributed by atoms with van der Waals surface area (Å²) in [6.07, 6.45) is 1.42. The number of hydrogen-bond donors (Lipinski definition) is 3. The van der Waals surface area contributed by atoms with Crippen molar-refractivity contribution in [3.05, 3.63) is 0 Å². The van der Waals surface area contributed by atoms with Crippen molar-refractivity contribution in [3.63, 3.8) is 0 Å². The number of urea groups is 1. The van der Waals surface area contributed by atoms with Gasteiger partial charge in [-0.05, 0) is 26.3 Å². The summed E-state index contributed by atoms with van der Waals surface area (Å²) in [5.41, 5.74) is -0.881. The van der Waals surface area contributed by atoms with E-state index in [4.69, 9.17) is 4.74 Å². The molecule has 3 N–H and O–H groups in total. The van der Waals surface area contributed by atoms with E-state index in [1.165, 1.54) is 0 Å². The van der Waals surface area contributed by atoms with Crippen LogP contribution in [0.2, 0.25) is 0 Å². The molecule has 8 heteroatoms. The molecule has 0 bridgehead atoms. The Morgan fingerprint density at radius 3 is 2.90 bits per heavy atom. The number of rotatable bonds is 5. The van der Waals surface area contributed by atoms with Crippen LogP contribution in [0.1, 0.15) is 19.8 Å². The Morgan fingerprint density at radius 2 is 2.29 bits per heavy atom. The molecule has 0 aromatic carbocycles. The molecule has 2 aliphatic heterocycles. The Balaban J connectivity index is 1.95. The Labute approximate surface area is 123 Å². The molecule has 1 spiro atoms. The van der Waals surface area contributed by atoms with E-state index < -0.39 is 11.6 Å². The first-order valence-electron chi connectivity index (χ1n) is 7.11. The fourth-order valence-corrected chi connectivity index (χ4v) is 2.77. The lowest BCUT2D eigenvalue weighted by atomic mass is 9.90. The van der Waals surface area contributed by atoms with Crippen LogP contribution in [0, 0.1) is 0 Å². The normalized spacial score (nSPS) is 26.9. The Morgan fingerprint density at radius 1 is 1.52 bits per heavy atom. The lowest BCUT2D eigenvalue weighted by molar-refractivity contribution is -0.135. The molecule has 2 rings (SSSR count). The van der Waals surface area contributed by atoms with E-state index in [-0.39, 0.29) is 24.4 Å². The molecule has 0 aliphatic carbocycles. The summed E-state index contributed by atoms with van der Waals surface area (Å²) in [6, 6.07) is -0.674. The Hall–Kier alpha value is -1.67. The van der Waals surface area contributed by atoms with Crippen LogP contribution in [0.15, 0.2) is 0 Å². The number of piperidine rings is 1. The van der Waals surface area contributed by atoms with Gasteiger partial charge in [0.2, 0.25) is 5.91 Å². The molecule has 0 saturated carbocycles. The summed E-state index contributed by atoms with van der Waals surface area (Å²) < 4.78 is 4.92. The summed E-state index contributed by atoms with van der Waals surface area (Å²) in [7, 11) is 1.54. The zero-order valence-electron chi connectivity index (χ0n) is 12.4. The van der Waals surface area contributed by atoms with Gasteiger partial charge in [0.25, 0.3) is 5.91 Å². The van der Waals surface area contributed by atoms with Gasteiger partial charge in [-0.3, -0.25) is 14.5 Å². The van der Waals surface area contributed by atoms with E-state index in [9.17, 15) is 14.4 Å². The predicted molar refractivity (Wildman–Crippen MR) is 74.6 cm³/mol. The van der Waals surface area contributed by atoms with Crippen LogP contribution < -0.4 is 16.0 Å². The summed E-state index contributed by atoms with van der Waals surface area (Å²) in [5.74, 6) is -0.696. The summed E-state index contributed by atoms with van der Waals surface area (Å²) >= 11 is 0. The highest BCUT2D eigenvalue weighted by molar-refractivity contribution is 6.09. The number of nitrogens with zero attached hydrogens (tertiary/aromatic N) is 1. The minimum absolute atomic E-state index is 0.173. The SMILES string of the molecule is COCC(C)NC(=O)CN1C(=O)NC2(CCCNC2)C1=O. The van der Waals surface area contributed by atoms with E-state index in [2.05, 4.69) is 16.0 Å². The fraction of sp³-hybridized carbons (Fsp3) is 0.769. The highest BCUT2D eigenvalue weighted by Gasteiger charge is 2.51. The van der Waals surface area contributed by atoms with Gasteiger partial charge in [-0.15, -0.1) is 0 Å². The molecule has 0 aromatic rings. The number of ether oxygens (including phenoxy) is 1. The first kappa shape index (κ1) is 15.7. The molecule has 0 aromatic heterocycles. The van der Waals surface area contributed by atoms with E-state index in [0.717, 1.165) is 17.9 Å². The van der Waals surface area contributed by atoms with Gasteiger partial charge >= 0.3 is 6.03 Å². The second-order valence-corrected chi connectivity index (χ2v) is 5.61. The number of carbonyl (C=O) groups is 3. The lowest BCUT2D eigenvalue weighted by Crippen LogP contribution is -2.57. The van der Waals surface area contributed by atoms with Crippen LogP contribution >= 0.6 is 0 Å². The number of amides is 4. The third kappa shape index (κ3) is 3.33. The van der Waals surface area contributed by atoms with Gasteiger partial charge in [-0.2, -0.15) is 0 Å². The van der Waals surface area contributed by atoms with Gasteiger partial charge in [-0.25, -0.2) is 4.79 Å². The molecular weight excluding hydrogens is 276 g/mol. The molecular formula is C13H22N4O4. The van der Waals surface area contributed by atoms with Gasteiger partial charge in [0.1, 0.15) is 12.1 Å². The monoisotopic (exact) mass is 298 g/mol. The molecule has 21 heavy (non-hydrogen) atoms. The Bertz CT molecular complexity index is 434. The smallest absolute Gasteiger partial charge is 0.325 e. The quantitative estimate of drug-likeness (QED) is 0.554. The molecule has 0 radical (unpaired) electrons. The lowest BCUT2D eigenvalue weighted by Gasteiger charge is -2.31. The van der Waals surface area contributed by atoms with Crippen molar-refractivity contribution in [2.75, 3.05) is 33.4 Å². The van der Waals surface area contributed by atoms with Gasteiger partial charge in [-0.1, -0.05) is 0 Å². The molecule has 2 atom stereocenters. The number of hydrogen-bond acceptors (Lipinski definition) is 5. The van der Waals surface area contributed by atoms with E-state index in [0.29, 0.717) is 19.6 Å². The minimum Gasteiger partial charge on any atom is -0.383 e. The van der Waals surface area contributed by atoms with Crippen molar-refractivity contribution >= 4 is 17.8 Å². The van der Waals surface area contributed by atoms with Crippen LogP contribution in [0.3, 0.4) is 0 Å². The molecule has 2 heterocycles. The summed E-state index contributed by atoms with van der Waals surface area (Å²) in [6.45, 7) is 3.15. The standard InChI is InChI=1S/C13H22N4O4/c1-9(7-21-2)15-10(18)6-17-11(19)13(16-12(17)20)4-3-5-14-8-13/h9,14H,3-8H2,1-2H3,(H,15,18)(H,16,20). The van der Waals surface area contributed by atoms with Crippen LogP contribution in [0.4, 0.5) is 4.79 Å². The van der Waals surface area contributed by atoms with Gasteiger partial charge < -0.3 is 20.7 Å². The van der Waals surface area contributed by atoms with Crippen molar-refractivity contribution in [2.24, 2.45) is 0 Å². The van der Waals surface area contributed by atoms with Crippen molar-refractivity contribution in [1.29, 1.82) is 0 Å².